The Balaban J connectivity index is 1.48. The molecule has 2 aliphatic heterocycles. The summed E-state index contributed by atoms with van der Waals surface area (Å²) in [5, 5.41) is 3.05. The lowest BCUT2D eigenvalue weighted by atomic mass is 10.00. The number of hydrogen-bond acceptors (Lipinski definition) is 3. The lowest BCUT2D eigenvalue weighted by Gasteiger charge is -2.22. The van der Waals surface area contributed by atoms with Crippen LogP contribution in [-0.4, -0.2) is 36.5 Å². The summed E-state index contributed by atoms with van der Waals surface area (Å²) < 4.78 is 18.8. The van der Waals surface area contributed by atoms with E-state index in [4.69, 9.17) is 4.42 Å². The van der Waals surface area contributed by atoms with E-state index >= 15 is 0 Å². The topological polar surface area (TPSA) is 45.5 Å². The van der Waals surface area contributed by atoms with Crippen molar-refractivity contribution in [1.29, 1.82) is 0 Å². The van der Waals surface area contributed by atoms with Gasteiger partial charge in [-0.2, -0.15) is 0 Å². The van der Waals surface area contributed by atoms with Crippen molar-refractivity contribution < 1.29 is 13.6 Å². The van der Waals surface area contributed by atoms with E-state index in [0.29, 0.717) is 17.2 Å². The molecule has 1 aromatic heterocycles. The highest BCUT2D eigenvalue weighted by atomic mass is 19.1. The van der Waals surface area contributed by atoms with Crippen LogP contribution in [0.25, 0.3) is 11.3 Å². The predicted octanol–water partition coefficient (Wildman–Crippen LogP) is 2.52. The fraction of sp³-hybridized carbons (Fsp3) is 0.353. The van der Waals surface area contributed by atoms with Crippen molar-refractivity contribution in [2.45, 2.75) is 12.5 Å². The van der Waals surface area contributed by atoms with Crippen LogP contribution in [0.5, 0.6) is 0 Å². The summed E-state index contributed by atoms with van der Waals surface area (Å²) in [7, 11) is 0. The first-order chi connectivity index (χ1) is 10.7. The van der Waals surface area contributed by atoms with Gasteiger partial charge in [0.25, 0.3) is 5.91 Å². The second-order valence-corrected chi connectivity index (χ2v) is 6.06. The van der Waals surface area contributed by atoms with Crippen molar-refractivity contribution in [3.63, 3.8) is 0 Å². The Labute approximate surface area is 127 Å². The number of hydrogen-bond donors (Lipinski definition) is 1. The van der Waals surface area contributed by atoms with E-state index in [9.17, 15) is 9.18 Å². The molecule has 4 rings (SSSR count). The minimum atomic E-state index is -0.323. The highest BCUT2D eigenvalue weighted by molar-refractivity contribution is 5.92. The Morgan fingerprint density at radius 3 is 2.91 bits per heavy atom. The molecule has 1 N–H and O–H groups in total. The quantitative estimate of drug-likeness (QED) is 0.947. The van der Waals surface area contributed by atoms with Gasteiger partial charge in [-0.25, -0.2) is 4.39 Å². The molecular weight excluding hydrogens is 283 g/mol. The van der Waals surface area contributed by atoms with Crippen LogP contribution < -0.4 is 5.32 Å². The summed E-state index contributed by atoms with van der Waals surface area (Å²) in [4.78, 5) is 14.7. The number of fused-ring (bicyclic) bond motifs is 2. The van der Waals surface area contributed by atoms with Gasteiger partial charge in [-0.05, 0) is 43.1 Å². The van der Waals surface area contributed by atoms with Crippen molar-refractivity contribution in [1.82, 2.24) is 10.2 Å². The fourth-order valence-electron chi connectivity index (χ4n) is 3.44. The van der Waals surface area contributed by atoms with Crippen LogP contribution in [-0.2, 0) is 0 Å². The summed E-state index contributed by atoms with van der Waals surface area (Å²) in [6, 6.07) is 9.71. The second kappa shape index (κ2) is 5.25. The minimum Gasteiger partial charge on any atom is -0.451 e. The fourth-order valence-corrected chi connectivity index (χ4v) is 3.44. The van der Waals surface area contributed by atoms with Gasteiger partial charge in [-0.3, -0.25) is 4.79 Å². The maximum Gasteiger partial charge on any atom is 0.287 e. The molecular formula is C17H17FN2O2. The molecule has 114 valence electrons. The zero-order chi connectivity index (χ0) is 15.1. The normalized spacial score (nSPS) is 26.3. The molecule has 1 amide bonds. The molecule has 3 atom stereocenters. The zero-order valence-electron chi connectivity index (χ0n) is 12.1. The first-order valence-electron chi connectivity index (χ1n) is 7.58. The van der Waals surface area contributed by atoms with Gasteiger partial charge in [-0.1, -0.05) is 12.1 Å². The summed E-state index contributed by atoms with van der Waals surface area (Å²) in [5.74, 6) is 0.817. The Hall–Kier alpha value is -2.14. The molecule has 22 heavy (non-hydrogen) atoms. The number of rotatable bonds is 3. The van der Waals surface area contributed by atoms with Gasteiger partial charge in [0.2, 0.25) is 0 Å². The Morgan fingerprint density at radius 1 is 1.27 bits per heavy atom. The average Bonchev–Trinajstić information content (AvgIpc) is 3.23. The third-order valence-corrected chi connectivity index (χ3v) is 4.59. The van der Waals surface area contributed by atoms with E-state index in [2.05, 4.69) is 10.2 Å². The summed E-state index contributed by atoms with van der Waals surface area (Å²) in [6.07, 6.45) is 1.15. The van der Waals surface area contributed by atoms with E-state index in [0.717, 1.165) is 26.1 Å². The van der Waals surface area contributed by atoms with E-state index in [1.807, 2.05) is 0 Å². The molecule has 2 bridgehead atoms. The van der Waals surface area contributed by atoms with Crippen LogP contribution in [0.2, 0.25) is 0 Å². The van der Waals surface area contributed by atoms with Crippen molar-refractivity contribution in [3.8, 4) is 11.3 Å². The van der Waals surface area contributed by atoms with Crippen LogP contribution in [0.15, 0.2) is 40.8 Å². The Morgan fingerprint density at radius 2 is 2.18 bits per heavy atom. The van der Waals surface area contributed by atoms with Gasteiger partial charge in [0.15, 0.2) is 5.76 Å². The Kier molecular flexibility index (Phi) is 3.22. The van der Waals surface area contributed by atoms with E-state index in [1.165, 1.54) is 12.1 Å². The van der Waals surface area contributed by atoms with Crippen LogP contribution in [0, 0.1) is 11.7 Å². The molecule has 3 heterocycles. The number of amides is 1. The number of halogens is 1. The smallest absolute Gasteiger partial charge is 0.287 e. The molecule has 0 spiro atoms. The van der Waals surface area contributed by atoms with E-state index in [-0.39, 0.29) is 23.5 Å². The number of furan rings is 1. The molecule has 2 fully saturated rings. The van der Waals surface area contributed by atoms with Gasteiger partial charge < -0.3 is 14.6 Å². The standard InChI is InChI=1S/C17H17FN2O2/c18-13-3-1-2-11(8-13)15-4-5-16(22-15)17(21)19-14-10-20-7-6-12(14)9-20/h1-5,8,12,14H,6-7,9-10H2,(H,19,21)/t12-,14-/m0/s1. The molecule has 2 saturated heterocycles. The van der Waals surface area contributed by atoms with Gasteiger partial charge in [0.05, 0.1) is 0 Å². The number of carbonyl (C=O) groups is 1. The maximum atomic E-state index is 13.2. The highest BCUT2D eigenvalue weighted by Crippen LogP contribution is 2.28. The molecule has 0 radical (unpaired) electrons. The third-order valence-electron chi connectivity index (χ3n) is 4.59. The lowest BCUT2D eigenvalue weighted by Crippen LogP contribution is -2.43. The number of nitrogens with one attached hydrogen (secondary N) is 1. The molecule has 4 nitrogen and oxygen atoms in total. The largest absolute Gasteiger partial charge is 0.451 e. The summed E-state index contributed by atoms with van der Waals surface area (Å²) >= 11 is 0. The molecule has 1 aromatic carbocycles. The SMILES string of the molecule is O=C(N[C@H]1CN2CC[C@H]1C2)c1ccc(-c2cccc(F)c2)o1. The minimum absolute atomic E-state index is 0.193. The predicted molar refractivity (Wildman–Crippen MR) is 79.9 cm³/mol. The monoisotopic (exact) mass is 300 g/mol. The van der Waals surface area contributed by atoms with Crippen LogP contribution in [0.4, 0.5) is 4.39 Å². The molecule has 5 heteroatoms. The average molecular weight is 300 g/mol. The Bertz CT molecular complexity index is 712. The van der Waals surface area contributed by atoms with E-state index in [1.54, 1.807) is 24.3 Å². The van der Waals surface area contributed by atoms with Gasteiger partial charge in [0.1, 0.15) is 11.6 Å². The maximum absolute atomic E-state index is 13.2. The van der Waals surface area contributed by atoms with Crippen molar-refractivity contribution >= 4 is 5.91 Å². The zero-order valence-corrected chi connectivity index (χ0v) is 12.1. The van der Waals surface area contributed by atoms with Crippen LogP contribution in [0.3, 0.4) is 0 Å². The number of nitrogens with zero attached hydrogens (tertiary/aromatic N) is 1. The molecule has 0 saturated carbocycles. The highest BCUT2D eigenvalue weighted by Gasteiger charge is 2.38. The number of piperidine rings is 1. The second-order valence-electron chi connectivity index (χ2n) is 6.06. The lowest BCUT2D eigenvalue weighted by molar-refractivity contribution is 0.0897. The summed E-state index contributed by atoms with van der Waals surface area (Å²) in [6.45, 7) is 3.15. The van der Waals surface area contributed by atoms with Gasteiger partial charge in [-0.15, -0.1) is 0 Å². The first-order valence-corrected chi connectivity index (χ1v) is 7.58. The van der Waals surface area contributed by atoms with Crippen molar-refractivity contribution in [3.05, 3.63) is 48.0 Å². The van der Waals surface area contributed by atoms with Crippen molar-refractivity contribution in [2.75, 3.05) is 19.6 Å². The van der Waals surface area contributed by atoms with Gasteiger partial charge >= 0.3 is 0 Å². The summed E-state index contributed by atoms with van der Waals surface area (Å²) in [5.41, 5.74) is 0.630. The first kappa shape index (κ1) is 13.5. The molecule has 1 unspecified atom stereocenters. The van der Waals surface area contributed by atoms with E-state index < -0.39 is 0 Å². The van der Waals surface area contributed by atoms with Gasteiger partial charge in [0, 0.05) is 24.7 Å². The van der Waals surface area contributed by atoms with Crippen molar-refractivity contribution in [2.24, 2.45) is 5.92 Å². The number of carbonyl (C=O) groups excluding carboxylic acids is 1. The number of benzene rings is 1. The molecule has 0 aliphatic carbocycles. The van der Waals surface area contributed by atoms with Crippen LogP contribution >= 0.6 is 0 Å². The molecule has 2 aliphatic rings. The third kappa shape index (κ3) is 2.41. The molecule has 2 aromatic rings. The van der Waals surface area contributed by atoms with Crippen LogP contribution in [0.1, 0.15) is 17.0 Å².